The maximum Gasteiger partial charge on any atom is 0.303 e. The molecule has 0 aliphatic heterocycles. The summed E-state index contributed by atoms with van der Waals surface area (Å²) in [5.41, 5.74) is 4.40. The number of ether oxygens (including phenoxy) is 1. The van der Waals surface area contributed by atoms with E-state index in [9.17, 15) is 23.5 Å². The van der Waals surface area contributed by atoms with Gasteiger partial charge in [-0.15, -0.1) is 0 Å². The number of amides is 1. The van der Waals surface area contributed by atoms with Gasteiger partial charge in [0.05, 0.1) is 6.04 Å². The standard InChI is InChI=1S/C30H33F2NO4/c1-18(2)9-28(23-11-19(3)10-20(4)12-23)33-30(36)27-16-26(7-5-22(27)6-8-29(34)35)37-17-21-13-24(31)15-25(32)14-21/h5,7,10-16,18,28H,6,8-9,17H2,1-4H3,(H,33,36)(H,34,35). The SMILES string of the molecule is Cc1cc(C)cc(C(CC(C)C)NC(=O)c2cc(OCc3cc(F)cc(F)c3)ccc2CCC(=O)O)c1. The van der Waals surface area contributed by atoms with Crippen molar-refractivity contribution < 1.29 is 28.2 Å². The highest BCUT2D eigenvalue weighted by Crippen LogP contribution is 2.26. The molecular formula is C30H33F2NO4. The summed E-state index contributed by atoms with van der Waals surface area (Å²) in [6, 6.07) is 13.9. The van der Waals surface area contributed by atoms with E-state index < -0.39 is 17.6 Å². The highest BCUT2D eigenvalue weighted by Gasteiger charge is 2.21. The zero-order chi connectivity index (χ0) is 27.1. The van der Waals surface area contributed by atoms with Gasteiger partial charge in [0.1, 0.15) is 24.0 Å². The highest BCUT2D eigenvalue weighted by molar-refractivity contribution is 5.96. The average Bonchev–Trinajstić information content (AvgIpc) is 2.79. The largest absolute Gasteiger partial charge is 0.489 e. The monoisotopic (exact) mass is 509 g/mol. The van der Waals surface area contributed by atoms with Gasteiger partial charge in [-0.3, -0.25) is 9.59 Å². The van der Waals surface area contributed by atoms with Crippen molar-refractivity contribution in [3.8, 4) is 5.75 Å². The zero-order valence-corrected chi connectivity index (χ0v) is 21.6. The Morgan fingerprint density at radius 1 is 0.946 bits per heavy atom. The van der Waals surface area contributed by atoms with Crippen molar-refractivity contribution in [3.63, 3.8) is 0 Å². The third-order valence-corrected chi connectivity index (χ3v) is 5.92. The van der Waals surface area contributed by atoms with E-state index in [1.54, 1.807) is 18.2 Å². The molecule has 7 heteroatoms. The number of carbonyl (C=O) groups excluding carboxylic acids is 1. The van der Waals surface area contributed by atoms with Crippen LogP contribution in [0.4, 0.5) is 8.78 Å². The second-order valence-corrected chi connectivity index (χ2v) is 9.86. The Morgan fingerprint density at radius 2 is 1.59 bits per heavy atom. The van der Waals surface area contributed by atoms with E-state index in [1.807, 2.05) is 13.8 Å². The zero-order valence-electron chi connectivity index (χ0n) is 21.6. The summed E-state index contributed by atoms with van der Waals surface area (Å²) in [7, 11) is 0. The summed E-state index contributed by atoms with van der Waals surface area (Å²) < 4.78 is 32.8. The van der Waals surface area contributed by atoms with Gasteiger partial charge in [-0.25, -0.2) is 8.78 Å². The van der Waals surface area contributed by atoms with Crippen LogP contribution >= 0.6 is 0 Å². The predicted molar refractivity (Wildman–Crippen MR) is 139 cm³/mol. The molecule has 0 spiro atoms. The van der Waals surface area contributed by atoms with Crippen molar-refractivity contribution >= 4 is 11.9 Å². The molecule has 0 saturated heterocycles. The van der Waals surface area contributed by atoms with Gasteiger partial charge in [0, 0.05) is 18.1 Å². The number of carboxylic acids is 1. The van der Waals surface area contributed by atoms with E-state index in [-0.39, 0.29) is 31.4 Å². The van der Waals surface area contributed by atoms with E-state index in [0.29, 0.717) is 28.4 Å². The minimum absolute atomic E-state index is 0.0945. The van der Waals surface area contributed by atoms with E-state index in [4.69, 9.17) is 4.74 Å². The molecule has 1 atom stereocenters. The Kier molecular flexibility index (Phi) is 9.39. The van der Waals surface area contributed by atoms with Gasteiger partial charge in [0.25, 0.3) is 5.91 Å². The number of carbonyl (C=O) groups is 2. The van der Waals surface area contributed by atoms with Crippen LogP contribution in [0.3, 0.4) is 0 Å². The molecule has 0 fully saturated rings. The van der Waals surface area contributed by atoms with Gasteiger partial charge in [-0.05, 0) is 73.6 Å². The Bertz CT molecular complexity index is 1230. The third-order valence-electron chi connectivity index (χ3n) is 5.92. The molecule has 0 saturated carbocycles. The smallest absolute Gasteiger partial charge is 0.303 e. The van der Waals surface area contributed by atoms with Gasteiger partial charge < -0.3 is 15.2 Å². The minimum atomic E-state index is -0.965. The molecule has 0 aromatic heterocycles. The van der Waals surface area contributed by atoms with Crippen molar-refractivity contribution in [2.45, 2.75) is 59.6 Å². The highest BCUT2D eigenvalue weighted by atomic mass is 19.1. The Balaban J connectivity index is 1.89. The number of benzene rings is 3. The second kappa shape index (κ2) is 12.5. The number of hydrogen-bond donors (Lipinski definition) is 2. The number of aryl methyl sites for hydroxylation is 3. The molecular weight excluding hydrogens is 476 g/mol. The fourth-order valence-corrected chi connectivity index (χ4v) is 4.37. The lowest BCUT2D eigenvalue weighted by Gasteiger charge is -2.23. The molecule has 0 bridgehead atoms. The van der Waals surface area contributed by atoms with Crippen LogP contribution in [0.2, 0.25) is 0 Å². The molecule has 3 aromatic carbocycles. The lowest BCUT2D eigenvalue weighted by atomic mass is 9.93. The molecule has 2 N–H and O–H groups in total. The van der Waals surface area contributed by atoms with Crippen LogP contribution < -0.4 is 10.1 Å². The lowest BCUT2D eigenvalue weighted by Crippen LogP contribution is -2.30. The number of rotatable bonds is 11. The number of nitrogens with one attached hydrogen (secondary N) is 1. The van der Waals surface area contributed by atoms with Gasteiger partial charge in [0.15, 0.2) is 0 Å². The Labute approximate surface area is 216 Å². The Hall–Kier alpha value is -3.74. The normalized spacial score (nSPS) is 11.9. The summed E-state index contributed by atoms with van der Waals surface area (Å²) in [6.45, 7) is 8.11. The number of halogens is 2. The van der Waals surface area contributed by atoms with Gasteiger partial charge in [-0.2, -0.15) is 0 Å². The summed E-state index contributed by atoms with van der Waals surface area (Å²) in [5, 5.41) is 12.3. The van der Waals surface area contributed by atoms with Gasteiger partial charge in [-0.1, -0.05) is 49.2 Å². The van der Waals surface area contributed by atoms with E-state index in [1.165, 1.54) is 12.1 Å². The van der Waals surface area contributed by atoms with E-state index in [2.05, 4.69) is 37.4 Å². The van der Waals surface area contributed by atoms with Crippen molar-refractivity contribution in [1.82, 2.24) is 5.32 Å². The fourth-order valence-electron chi connectivity index (χ4n) is 4.37. The number of hydrogen-bond acceptors (Lipinski definition) is 3. The molecule has 1 unspecified atom stereocenters. The average molecular weight is 510 g/mol. The summed E-state index contributed by atoms with van der Waals surface area (Å²) >= 11 is 0. The maximum absolute atomic E-state index is 13.5. The van der Waals surface area contributed by atoms with Crippen molar-refractivity contribution in [2.24, 2.45) is 5.92 Å². The molecule has 1 amide bonds. The molecule has 0 heterocycles. The fraction of sp³-hybridized carbons (Fsp3) is 0.333. The molecule has 37 heavy (non-hydrogen) atoms. The van der Waals surface area contributed by atoms with Crippen LogP contribution in [-0.2, 0) is 17.8 Å². The van der Waals surface area contributed by atoms with Crippen LogP contribution in [0.5, 0.6) is 5.75 Å². The van der Waals surface area contributed by atoms with Crippen LogP contribution in [0.1, 0.15) is 70.9 Å². The van der Waals surface area contributed by atoms with Crippen LogP contribution in [0.25, 0.3) is 0 Å². The molecule has 3 rings (SSSR count). The first-order valence-electron chi connectivity index (χ1n) is 12.3. The first kappa shape index (κ1) is 27.8. The summed E-state index contributed by atoms with van der Waals surface area (Å²) in [5.74, 6) is -2.06. The van der Waals surface area contributed by atoms with Crippen molar-refractivity contribution in [3.05, 3.63) is 99.6 Å². The predicted octanol–water partition coefficient (Wildman–Crippen LogP) is 6.70. The van der Waals surface area contributed by atoms with Crippen molar-refractivity contribution in [1.29, 1.82) is 0 Å². The quantitative estimate of drug-likeness (QED) is 0.302. The van der Waals surface area contributed by atoms with E-state index >= 15 is 0 Å². The minimum Gasteiger partial charge on any atom is -0.489 e. The molecule has 5 nitrogen and oxygen atoms in total. The third kappa shape index (κ3) is 8.41. The topological polar surface area (TPSA) is 75.6 Å². The number of aliphatic carboxylic acids is 1. The molecule has 0 aliphatic rings. The van der Waals surface area contributed by atoms with Crippen molar-refractivity contribution in [2.75, 3.05) is 0 Å². The summed E-state index contributed by atoms with van der Waals surface area (Å²) in [6.07, 6.45) is 0.766. The maximum atomic E-state index is 13.5. The molecule has 196 valence electrons. The lowest BCUT2D eigenvalue weighted by molar-refractivity contribution is -0.136. The van der Waals surface area contributed by atoms with Crippen LogP contribution in [0.15, 0.2) is 54.6 Å². The van der Waals surface area contributed by atoms with E-state index in [0.717, 1.165) is 29.2 Å². The first-order chi connectivity index (χ1) is 17.5. The molecule has 0 aliphatic carbocycles. The molecule has 3 aromatic rings. The van der Waals surface area contributed by atoms with Crippen LogP contribution in [0, 0.1) is 31.4 Å². The summed E-state index contributed by atoms with van der Waals surface area (Å²) in [4.78, 5) is 24.7. The van der Waals surface area contributed by atoms with Gasteiger partial charge >= 0.3 is 5.97 Å². The first-order valence-corrected chi connectivity index (χ1v) is 12.3. The number of carboxylic acid groups (broad SMARTS) is 1. The van der Waals surface area contributed by atoms with Crippen LogP contribution in [-0.4, -0.2) is 17.0 Å². The second-order valence-electron chi connectivity index (χ2n) is 9.86. The van der Waals surface area contributed by atoms with Gasteiger partial charge in [0.2, 0.25) is 0 Å². The Morgan fingerprint density at radius 3 is 2.19 bits per heavy atom. The molecule has 0 radical (unpaired) electrons.